The highest BCUT2D eigenvalue weighted by Crippen LogP contribution is 2.15. The fourth-order valence-corrected chi connectivity index (χ4v) is 8.27. The van der Waals surface area contributed by atoms with E-state index in [-0.39, 0.29) is 25.2 Å². The normalized spacial score (nSPS) is 13.0. The molecule has 0 aliphatic rings. The second kappa shape index (κ2) is 61.9. The molecule has 0 bridgehead atoms. The van der Waals surface area contributed by atoms with Gasteiger partial charge in [-0.05, 0) is 116 Å². The van der Waals surface area contributed by atoms with Crippen LogP contribution in [-0.4, -0.2) is 37.9 Å². The highest BCUT2D eigenvalue weighted by atomic mass is 16.6. The molecule has 0 saturated carbocycles. The summed E-state index contributed by atoms with van der Waals surface area (Å²) in [6, 6.07) is 0. The topological polar surface area (TPSA) is 61.8 Å². The Morgan fingerprint density at radius 1 is 0.319 bits per heavy atom. The molecule has 1 atom stereocenters. The van der Waals surface area contributed by atoms with Crippen LogP contribution in [-0.2, 0) is 23.8 Å². The summed E-state index contributed by atoms with van der Waals surface area (Å²) in [7, 11) is 0. The Balaban J connectivity index is 4.40. The molecule has 5 nitrogen and oxygen atoms in total. The predicted octanol–water partition coefficient (Wildman–Crippen LogP) is 21.1. The summed E-state index contributed by atoms with van der Waals surface area (Å²) >= 11 is 0. The van der Waals surface area contributed by atoms with E-state index in [1.54, 1.807) is 0 Å². The number of carbonyl (C=O) groups excluding carboxylic acids is 2. The number of hydrogen-bond acceptors (Lipinski definition) is 5. The summed E-state index contributed by atoms with van der Waals surface area (Å²) < 4.78 is 17.4. The van der Waals surface area contributed by atoms with Crippen molar-refractivity contribution in [1.82, 2.24) is 0 Å². The first kappa shape index (κ1) is 68.6. The lowest BCUT2D eigenvalue weighted by atomic mass is 10.1. The van der Waals surface area contributed by atoms with Crippen LogP contribution in [0.1, 0.15) is 278 Å². The van der Waals surface area contributed by atoms with Gasteiger partial charge in [-0.15, -0.1) is 0 Å². The van der Waals surface area contributed by atoms with Crippen LogP contribution < -0.4 is 0 Å². The molecule has 0 radical (unpaired) electrons. The first-order chi connectivity index (χ1) is 35.6. The summed E-state index contributed by atoms with van der Waals surface area (Å²) in [5, 5.41) is 0. The molecule has 0 aromatic rings. The number of rotatable bonds is 55. The number of hydrogen-bond donors (Lipinski definition) is 0. The minimum atomic E-state index is -0.578. The largest absolute Gasteiger partial charge is 0.462 e. The SMILES string of the molecule is CC/C=C\C/C=C\C/C=C\C/C=C\C/C=C\C/C=C\CCC(=O)OCC(COCCCCCCCCCCCC/C=C\C/C=C\CCCCC)OC(=O)CCCCCCCCC/C=C\CCCCCCCC. The molecule has 0 aliphatic heterocycles. The van der Waals surface area contributed by atoms with Gasteiger partial charge < -0.3 is 14.2 Å². The summed E-state index contributed by atoms with van der Waals surface area (Å²) in [5.41, 5.74) is 0. The Morgan fingerprint density at radius 2 is 0.653 bits per heavy atom. The molecule has 0 amide bonds. The Labute approximate surface area is 446 Å². The Hall–Kier alpha value is -3.44. The molecule has 72 heavy (non-hydrogen) atoms. The van der Waals surface area contributed by atoms with E-state index in [0.29, 0.717) is 25.9 Å². The molecule has 0 fully saturated rings. The third kappa shape index (κ3) is 59.1. The molecule has 5 heteroatoms. The lowest BCUT2D eigenvalue weighted by molar-refractivity contribution is -0.162. The monoisotopic (exact) mass is 999 g/mol. The van der Waals surface area contributed by atoms with Crippen molar-refractivity contribution in [2.75, 3.05) is 19.8 Å². The first-order valence-corrected chi connectivity index (χ1v) is 30.4. The molecule has 0 aromatic heterocycles. The Bertz CT molecular complexity index is 1410. The summed E-state index contributed by atoms with van der Waals surface area (Å²) in [6.07, 6.45) is 85.6. The maximum absolute atomic E-state index is 12.9. The number of carbonyl (C=O) groups is 2. The fraction of sp³-hybridized carbons (Fsp3) is 0.701. The van der Waals surface area contributed by atoms with Gasteiger partial charge in [0.2, 0.25) is 0 Å². The van der Waals surface area contributed by atoms with Crippen molar-refractivity contribution in [3.8, 4) is 0 Å². The zero-order valence-corrected chi connectivity index (χ0v) is 47.4. The molecule has 0 N–H and O–H groups in total. The van der Waals surface area contributed by atoms with Crippen molar-refractivity contribution in [3.05, 3.63) is 109 Å². The quantitative estimate of drug-likeness (QED) is 0.0345. The first-order valence-electron chi connectivity index (χ1n) is 30.4. The molecule has 0 rings (SSSR count). The van der Waals surface area contributed by atoms with Gasteiger partial charge in [-0.25, -0.2) is 0 Å². The average molecular weight is 1000 g/mol. The van der Waals surface area contributed by atoms with Crippen LogP contribution in [0.4, 0.5) is 0 Å². The number of ether oxygens (including phenoxy) is 3. The number of unbranched alkanes of at least 4 members (excludes halogenated alkanes) is 26. The van der Waals surface area contributed by atoms with Crippen molar-refractivity contribution < 1.29 is 23.8 Å². The highest BCUT2D eigenvalue weighted by Gasteiger charge is 2.17. The second-order valence-corrected chi connectivity index (χ2v) is 19.9. The maximum atomic E-state index is 12.9. The summed E-state index contributed by atoms with van der Waals surface area (Å²) in [4.78, 5) is 25.5. The molecular weight excluding hydrogens is 885 g/mol. The molecule has 412 valence electrons. The van der Waals surface area contributed by atoms with Crippen molar-refractivity contribution in [1.29, 1.82) is 0 Å². The van der Waals surface area contributed by atoms with Gasteiger partial charge in [0.25, 0.3) is 0 Å². The van der Waals surface area contributed by atoms with Gasteiger partial charge in [-0.2, -0.15) is 0 Å². The van der Waals surface area contributed by atoms with E-state index in [4.69, 9.17) is 14.2 Å². The van der Waals surface area contributed by atoms with Crippen molar-refractivity contribution in [2.45, 2.75) is 284 Å². The smallest absolute Gasteiger partial charge is 0.306 e. The van der Waals surface area contributed by atoms with Gasteiger partial charge in [-0.1, -0.05) is 259 Å². The van der Waals surface area contributed by atoms with E-state index >= 15 is 0 Å². The van der Waals surface area contributed by atoms with Crippen LogP contribution in [0.3, 0.4) is 0 Å². The minimum Gasteiger partial charge on any atom is -0.462 e. The lowest BCUT2D eigenvalue weighted by Gasteiger charge is -2.18. The molecule has 0 saturated heterocycles. The zero-order chi connectivity index (χ0) is 52.0. The van der Waals surface area contributed by atoms with Crippen molar-refractivity contribution in [2.24, 2.45) is 0 Å². The minimum absolute atomic E-state index is 0.0378. The standard InChI is InChI=1S/C67H114O5/c1-4-7-10-13-16-19-22-25-28-31-33-35-38-41-44-47-50-53-56-59-62-70-63-65(72-67(69)61-58-55-52-49-46-43-40-36-30-27-24-21-18-15-12-9-6-3)64-71-66(68)60-57-54-51-48-45-42-39-37-34-32-29-26-23-20-17-14-11-8-5-2/h8,11,16-17,19-20,25-30,34,37,42,45,51,54,65H,4-7,9-10,12-15,18,21-24,31-33,35-36,38-41,43-44,46-50,52-53,55-64H2,1-3H3/b11-8-,19-16-,20-17-,28-25-,29-26-,30-27-,37-34-,45-42-,54-51-. The predicted molar refractivity (Wildman–Crippen MR) is 316 cm³/mol. The number of esters is 2. The van der Waals surface area contributed by atoms with Crippen molar-refractivity contribution in [3.63, 3.8) is 0 Å². The molecule has 1 unspecified atom stereocenters. The van der Waals surface area contributed by atoms with E-state index in [9.17, 15) is 9.59 Å². The van der Waals surface area contributed by atoms with Crippen LogP contribution in [0, 0.1) is 0 Å². The van der Waals surface area contributed by atoms with E-state index in [2.05, 4.69) is 124 Å². The van der Waals surface area contributed by atoms with Crippen LogP contribution in [0.2, 0.25) is 0 Å². The number of allylic oxidation sites excluding steroid dienone is 18. The Kier molecular flexibility index (Phi) is 58.9. The van der Waals surface area contributed by atoms with Gasteiger partial charge in [0.15, 0.2) is 6.10 Å². The fourth-order valence-electron chi connectivity index (χ4n) is 8.27. The van der Waals surface area contributed by atoms with Crippen molar-refractivity contribution >= 4 is 11.9 Å². The molecule has 0 heterocycles. The van der Waals surface area contributed by atoms with Gasteiger partial charge in [0.1, 0.15) is 6.61 Å². The third-order valence-electron chi connectivity index (χ3n) is 12.8. The molecule has 0 aromatic carbocycles. The van der Waals surface area contributed by atoms with Gasteiger partial charge >= 0.3 is 11.9 Å². The third-order valence-corrected chi connectivity index (χ3v) is 12.8. The zero-order valence-electron chi connectivity index (χ0n) is 47.4. The van der Waals surface area contributed by atoms with Crippen LogP contribution in [0.15, 0.2) is 109 Å². The van der Waals surface area contributed by atoms with Crippen LogP contribution in [0.5, 0.6) is 0 Å². The van der Waals surface area contributed by atoms with E-state index in [1.807, 2.05) is 6.08 Å². The second-order valence-electron chi connectivity index (χ2n) is 19.9. The average Bonchev–Trinajstić information content (AvgIpc) is 3.38. The van der Waals surface area contributed by atoms with E-state index < -0.39 is 6.10 Å². The van der Waals surface area contributed by atoms with Gasteiger partial charge in [0.05, 0.1) is 6.61 Å². The van der Waals surface area contributed by atoms with E-state index in [0.717, 1.165) is 77.0 Å². The van der Waals surface area contributed by atoms with Gasteiger partial charge in [-0.3, -0.25) is 9.59 Å². The molecule has 0 spiro atoms. The lowest BCUT2D eigenvalue weighted by Crippen LogP contribution is -2.30. The maximum Gasteiger partial charge on any atom is 0.306 e. The van der Waals surface area contributed by atoms with Crippen LogP contribution >= 0.6 is 0 Å². The molecule has 0 aliphatic carbocycles. The Morgan fingerprint density at radius 3 is 1.10 bits per heavy atom. The van der Waals surface area contributed by atoms with Gasteiger partial charge in [0, 0.05) is 19.4 Å². The summed E-state index contributed by atoms with van der Waals surface area (Å²) in [5.74, 6) is -0.498. The summed E-state index contributed by atoms with van der Waals surface area (Å²) in [6.45, 7) is 7.61. The van der Waals surface area contributed by atoms with Crippen LogP contribution in [0.25, 0.3) is 0 Å². The highest BCUT2D eigenvalue weighted by molar-refractivity contribution is 5.70. The molecular formula is C67H114O5. The van der Waals surface area contributed by atoms with E-state index in [1.165, 1.54) is 161 Å².